The minimum absolute atomic E-state index is 0.0267. The van der Waals surface area contributed by atoms with Gasteiger partial charge in [0.05, 0.1) is 5.75 Å². The van der Waals surface area contributed by atoms with Gasteiger partial charge in [-0.3, -0.25) is 9.59 Å². The van der Waals surface area contributed by atoms with Gasteiger partial charge in [-0.2, -0.15) is 0 Å². The van der Waals surface area contributed by atoms with Gasteiger partial charge in [-0.15, -0.1) is 11.8 Å². The summed E-state index contributed by atoms with van der Waals surface area (Å²) in [4.78, 5) is 27.6. The number of hydrogen-bond donors (Lipinski definition) is 1. The predicted molar refractivity (Wildman–Crippen MR) is 134 cm³/mol. The van der Waals surface area contributed by atoms with Crippen molar-refractivity contribution in [1.29, 1.82) is 0 Å². The lowest BCUT2D eigenvalue weighted by Crippen LogP contribution is -2.50. The van der Waals surface area contributed by atoms with Crippen molar-refractivity contribution in [1.82, 2.24) is 10.2 Å². The summed E-state index contributed by atoms with van der Waals surface area (Å²) >= 11 is 5.08. The Labute approximate surface area is 199 Å². The summed E-state index contributed by atoms with van der Waals surface area (Å²) in [6.45, 7) is 10.4. The number of rotatable bonds is 10. The molecule has 0 aliphatic heterocycles. The lowest BCUT2D eigenvalue weighted by Gasteiger charge is -2.29. The molecule has 0 saturated heterocycles. The Bertz CT molecular complexity index is 883. The van der Waals surface area contributed by atoms with Gasteiger partial charge in [-0.05, 0) is 57.4 Å². The second-order valence-electron chi connectivity index (χ2n) is 8.13. The Balaban J connectivity index is 2.09. The molecule has 2 amide bonds. The summed E-state index contributed by atoms with van der Waals surface area (Å²) in [6.07, 6.45) is 0.851. The highest BCUT2D eigenvalue weighted by Crippen LogP contribution is 2.19. The number of nitrogens with one attached hydrogen (secondary N) is 1. The van der Waals surface area contributed by atoms with E-state index in [-0.39, 0.29) is 17.9 Å². The first-order valence-corrected chi connectivity index (χ1v) is 12.6. The van der Waals surface area contributed by atoms with Crippen molar-refractivity contribution >= 4 is 39.5 Å². The van der Waals surface area contributed by atoms with Crippen LogP contribution < -0.4 is 5.32 Å². The maximum Gasteiger partial charge on any atom is 0.242 e. The van der Waals surface area contributed by atoms with Gasteiger partial charge in [0.25, 0.3) is 0 Å². The number of halogens is 1. The fourth-order valence-electron chi connectivity index (χ4n) is 3.37. The minimum Gasteiger partial charge on any atom is -0.352 e. The van der Waals surface area contributed by atoms with E-state index in [0.717, 1.165) is 22.2 Å². The third-order valence-corrected chi connectivity index (χ3v) is 6.67. The maximum atomic E-state index is 13.2. The van der Waals surface area contributed by atoms with E-state index in [2.05, 4.69) is 53.3 Å². The lowest BCUT2D eigenvalue weighted by atomic mass is 10.1. The zero-order valence-electron chi connectivity index (χ0n) is 19.1. The molecule has 4 nitrogen and oxygen atoms in total. The van der Waals surface area contributed by atoms with Crippen molar-refractivity contribution in [3.63, 3.8) is 0 Å². The number of hydrogen-bond acceptors (Lipinski definition) is 3. The van der Waals surface area contributed by atoms with Gasteiger partial charge in [0.1, 0.15) is 6.04 Å². The first-order valence-electron chi connectivity index (χ1n) is 10.7. The number of aryl methyl sites for hydroxylation is 2. The quantitative estimate of drug-likeness (QED) is 0.455. The van der Waals surface area contributed by atoms with Gasteiger partial charge < -0.3 is 10.2 Å². The molecule has 2 aromatic rings. The summed E-state index contributed by atoms with van der Waals surface area (Å²) in [5.41, 5.74) is 4.67. The third-order valence-electron chi connectivity index (χ3n) is 5.19. The van der Waals surface area contributed by atoms with Gasteiger partial charge in [0, 0.05) is 22.8 Å². The van der Waals surface area contributed by atoms with Crippen molar-refractivity contribution in [2.75, 3.05) is 5.75 Å². The van der Waals surface area contributed by atoms with Gasteiger partial charge in [-0.25, -0.2) is 0 Å². The SMILES string of the molecule is CCC(C)NC(=O)C(C)N(Cc1cccc(Br)c1)C(=O)CSCc1cc(C)cc(C)c1. The fourth-order valence-corrected chi connectivity index (χ4v) is 4.66. The van der Waals surface area contributed by atoms with Crippen LogP contribution in [0.2, 0.25) is 0 Å². The van der Waals surface area contributed by atoms with E-state index in [4.69, 9.17) is 0 Å². The molecule has 2 unspecified atom stereocenters. The van der Waals surface area contributed by atoms with Crippen LogP contribution in [-0.4, -0.2) is 34.6 Å². The molecule has 1 N–H and O–H groups in total. The summed E-state index contributed by atoms with van der Waals surface area (Å²) in [5.74, 6) is 0.965. The van der Waals surface area contributed by atoms with Gasteiger partial charge in [-0.1, -0.05) is 64.3 Å². The normalized spacial score (nSPS) is 12.8. The molecule has 0 aliphatic carbocycles. The molecule has 0 fully saturated rings. The first-order chi connectivity index (χ1) is 14.7. The van der Waals surface area contributed by atoms with E-state index in [0.29, 0.717) is 12.3 Å². The van der Waals surface area contributed by atoms with Crippen molar-refractivity contribution in [3.8, 4) is 0 Å². The van der Waals surface area contributed by atoms with E-state index >= 15 is 0 Å². The lowest BCUT2D eigenvalue weighted by molar-refractivity contribution is -0.138. The number of nitrogens with zero attached hydrogens (tertiary/aromatic N) is 1. The molecule has 0 aromatic heterocycles. The number of carbonyl (C=O) groups is 2. The van der Waals surface area contributed by atoms with E-state index in [1.807, 2.05) is 45.0 Å². The van der Waals surface area contributed by atoms with Crippen LogP contribution in [0.3, 0.4) is 0 Å². The van der Waals surface area contributed by atoms with Crippen LogP contribution in [0.25, 0.3) is 0 Å². The fraction of sp³-hybridized carbons (Fsp3) is 0.440. The molecule has 168 valence electrons. The highest BCUT2D eigenvalue weighted by atomic mass is 79.9. The molecule has 0 heterocycles. The Morgan fingerprint density at radius 2 is 1.74 bits per heavy atom. The molecule has 0 spiro atoms. The first kappa shape index (κ1) is 25.5. The third kappa shape index (κ3) is 8.34. The zero-order chi connectivity index (χ0) is 23.0. The average Bonchev–Trinajstić information content (AvgIpc) is 2.70. The summed E-state index contributed by atoms with van der Waals surface area (Å²) in [5, 5.41) is 3.01. The molecule has 2 aromatic carbocycles. The smallest absolute Gasteiger partial charge is 0.242 e. The number of amides is 2. The molecule has 6 heteroatoms. The molecule has 2 rings (SSSR count). The van der Waals surface area contributed by atoms with Gasteiger partial charge in [0.15, 0.2) is 0 Å². The van der Waals surface area contributed by atoms with Gasteiger partial charge in [0.2, 0.25) is 11.8 Å². The number of thioether (sulfide) groups is 1. The van der Waals surface area contributed by atoms with Crippen molar-refractivity contribution in [3.05, 3.63) is 69.2 Å². The van der Waals surface area contributed by atoms with Crippen LogP contribution in [-0.2, 0) is 21.9 Å². The summed E-state index contributed by atoms with van der Waals surface area (Å²) in [6, 6.07) is 13.9. The van der Waals surface area contributed by atoms with Crippen molar-refractivity contribution in [2.45, 2.75) is 65.4 Å². The maximum absolute atomic E-state index is 13.2. The molecule has 0 saturated carbocycles. The predicted octanol–water partition coefficient (Wildman–Crippen LogP) is 5.63. The van der Waals surface area contributed by atoms with Crippen molar-refractivity contribution in [2.24, 2.45) is 0 Å². The van der Waals surface area contributed by atoms with Crippen LogP contribution in [0, 0.1) is 13.8 Å². The standard InChI is InChI=1S/C25H33BrN2O2S/c1-6-19(4)27-25(30)20(5)28(14-21-8-7-9-23(26)13-21)24(29)16-31-15-22-11-17(2)10-18(3)12-22/h7-13,19-20H,6,14-16H2,1-5H3,(H,27,30). The van der Waals surface area contributed by atoms with Crippen molar-refractivity contribution < 1.29 is 9.59 Å². The van der Waals surface area contributed by atoms with Crippen LogP contribution in [0.5, 0.6) is 0 Å². The Kier molecular flexibility index (Phi) is 10.1. The van der Waals surface area contributed by atoms with Gasteiger partial charge >= 0.3 is 0 Å². The second kappa shape index (κ2) is 12.3. The molecule has 0 aliphatic rings. The highest BCUT2D eigenvalue weighted by Gasteiger charge is 2.26. The Morgan fingerprint density at radius 3 is 2.35 bits per heavy atom. The topological polar surface area (TPSA) is 49.4 Å². The Hall–Kier alpha value is -1.79. The van der Waals surface area contributed by atoms with E-state index in [9.17, 15) is 9.59 Å². The van der Waals surface area contributed by atoms with Crippen LogP contribution in [0.4, 0.5) is 0 Å². The minimum atomic E-state index is -0.540. The number of carbonyl (C=O) groups excluding carboxylic acids is 2. The summed E-state index contributed by atoms with van der Waals surface area (Å²) < 4.78 is 0.957. The van der Waals surface area contributed by atoms with Crippen LogP contribution in [0.15, 0.2) is 46.9 Å². The van der Waals surface area contributed by atoms with E-state index < -0.39 is 6.04 Å². The second-order valence-corrected chi connectivity index (χ2v) is 10.0. The van der Waals surface area contributed by atoms with Crippen LogP contribution >= 0.6 is 27.7 Å². The zero-order valence-corrected chi connectivity index (χ0v) is 21.5. The van der Waals surface area contributed by atoms with E-state index in [1.54, 1.807) is 16.7 Å². The van der Waals surface area contributed by atoms with Crippen LogP contribution in [0.1, 0.15) is 49.4 Å². The molecular weight excluding hydrogens is 472 g/mol. The highest BCUT2D eigenvalue weighted by molar-refractivity contribution is 9.10. The number of benzene rings is 2. The summed E-state index contributed by atoms with van der Waals surface area (Å²) in [7, 11) is 0. The van der Waals surface area contributed by atoms with E-state index in [1.165, 1.54) is 16.7 Å². The monoisotopic (exact) mass is 504 g/mol. The average molecular weight is 506 g/mol. The molecular formula is C25H33BrN2O2S. The Morgan fingerprint density at radius 1 is 1.06 bits per heavy atom. The molecule has 31 heavy (non-hydrogen) atoms. The molecule has 0 bridgehead atoms. The molecule has 2 atom stereocenters. The molecule has 0 radical (unpaired) electrons. The largest absolute Gasteiger partial charge is 0.352 e.